The van der Waals surface area contributed by atoms with E-state index in [1.807, 2.05) is 0 Å². The van der Waals surface area contributed by atoms with Crippen LogP contribution in [0, 0.1) is 5.92 Å². The van der Waals surface area contributed by atoms with Crippen LogP contribution in [0.2, 0.25) is 0 Å². The average molecular weight is 556 g/mol. The number of morpholine rings is 1. The van der Waals surface area contributed by atoms with Crippen molar-refractivity contribution in [3.05, 3.63) is 35.9 Å². The molecule has 3 saturated heterocycles. The van der Waals surface area contributed by atoms with Crippen molar-refractivity contribution in [2.45, 2.75) is 56.7 Å². The summed E-state index contributed by atoms with van der Waals surface area (Å²) < 4.78 is 37.2. The number of halogens is 2. The van der Waals surface area contributed by atoms with Gasteiger partial charge in [-0.1, -0.05) is 0 Å². The summed E-state index contributed by atoms with van der Waals surface area (Å²) in [6.45, 7) is 6.53. The number of carbonyl (C=O) groups excluding carboxylic acids is 1. The lowest BCUT2D eigenvalue weighted by molar-refractivity contribution is 0.0979. The SMILES string of the molecule is O=C(Nc1cn(C2CCC(CN3CCNCC3)CC2)nc1C(F)F)c1c(N2C[C@H]3C[C@@H]2CO3)nn2cccnc12. The number of hydrogen-bond acceptors (Lipinski definition) is 8. The molecule has 2 N–H and O–H groups in total. The van der Waals surface area contributed by atoms with Crippen molar-refractivity contribution in [2.24, 2.45) is 5.92 Å². The molecule has 3 aromatic rings. The molecule has 1 amide bonds. The van der Waals surface area contributed by atoms with Gasteiger partial charge in [0.1, 0.15) is 5.56 Å². The van der Waals surface area contributed by atoms with E-state index in [0.717, 1.165) is 64.8 Å². The summed E-state index contributed by atoms with van der Waals surface area (Å²) in [6, 6.07) is 1.90. The Morgan fingerprint density at radius 3 is 2.70 bits per heavy atom. The quantitative estimate of drug-likeness (QED) is 0.459. The van der Waals surface area contributed by atoms with Crippen molar-refractivity contribution in [2.75, 3.05) is 56.1 Å². The van der Waals surface area contributed by atoms with Gasteiger partial charge in [0, 0.05) is 57.9 Å². The van der Waals surface area contributed by atoms with E-state index in [2.05, 4.69) is 35.6 Å². The fourth-order valence-corrected chi connectivity index (χ4v) is 6.82. The van der Waals surface area contributed by atoms with Crippen LogP contribution >= 0.6 is 0 Å². The lowest BCUT2D eigenvalue weighted by atomic mass is 9.85. The van der Waals surface area contributed by atoms with Gasteiger partial charge < -0.3 is 25.2 Å². The molecule has 40 heavy (non-hydrogen) atoms. The summed E-state index contributed by atoms with van der Waals surface area (Å²) >= 11 is 0. The molecule has 0 aromatic carbocycles. The third kappa shape index (κ3) is 4.83. The summed E-state index contributed by atoms with van der Waals surface area (Å²) in [4.78, 5) is 22.7. The maximum Gasteiger partial charge on any atom is 0.284 e. The van der Waals surface area contributed by atoms with Gasteiger partial charge in [-0.15, -0.1) is 5.10 Å². The highest BCUT2D eigenvalue weighted by Crippen LogP contribution is 2.37. The smallest absolute Gasteiger partial charge is 0.284 e. The predicted molar refractivity (Wildman–Crippen MR) is 144 cm³/mol. The van der Waals surface area contributed by atoms with E-state index in [1.54, 1.807) is 33.9 Å². The maximum absolute atomic E-state index is 14.1. The number of nitrogens with zero attached hydrogens (tertiary/aromatic N) is 7. The third-order valence-electron chi connectivity index (χ3n) is 8.91. The van der Waals surface area contributed by atoms with E-state index in [9.17, 15) is 13.6 Å². The first kappa shape index (κ1) is 25.8. The summed E-state index contributed by atoms with van der Waals surface area (Å²) in [7, 11) is 0. The summed E-state index contributed by atoms with van der Waals surface area (Å²) in [5, 5.41) is 15.1. The standard InChI is InChI=1S/C27H35F2N9O2/c28-24(29)23-21(15-38(33-23)18-4-2-17(3-5-18)13-35-10-7-30-8-11-35)32-27(39)22-25-31-6-1-9-37(25)34-26(22)36-14-20-12-19(36)16-40-20/h1,6,9,15,17-20,24,30H,2-5,7-8,10-14,16H2,(H,32,39)/t17?,18?,19-,20-/m1/s1. The molecule has 7 rings (SSSR count). The number of alkyl halides is 2. The van der Waals surface area contributed by atoms with Crippen molar-refractivity contribution >= 4 is 23.1 Å². The van der Waals surface area contributed by atoms with Crippen LogP contribution < -0.4 is 15.5 Å². The number of amides is 1. The second-order valence-corrected chi connectivity index (χ2v) is 11.5. The number of carbonyl (C=O) groups is 1. The molecule has 11 nitrogen and oxygen atoms in total. The van der Waals surface area contributed by atoms with Gasteiger partial charge in [0.05, 0.1) is 30.5 Å². The number of fused-ring (bicyclic) bond motifs is 3. The second kappa shape index (κ2) is 10.7. The highest BCUT2D eigenvalue weighted by atomic mass is 19.3. The van der Waals surface area contributed by atoms with Crippen LogP contribution in [-0.2, 0) is 4.74 Å². The number of ether oxygens (including phenoxy) is 1. The van der Waals surface area contributed by atoms with Crippen molar-refractivity contribution in [3.63, 3.8) is 0 Å². The normalized spacial score (nSPS) is 27.2. The highest BCUT2D eigenvalue weighted by Gasteiger charge is 2.42. The Morgan fingerprint density at radius 2 is 1.98 bits per heavy atom. The molecule has 3 aliphatic heterocycles. The number of aromatic nitrogens is 5. The largest absolute Gasteiger partial charge is 0.374 e. The molecule has 0 unspecified atom stereocenters. The lowest BCUT2D eigenvalue weighted by Gasteiger charge is -2.34. The summed E-state index contributed by atoms with van der Waals surface area (Å²) in [5.41, 5.74) is 0.286. The van der Waals surface area contributed by atoms with E-state index in [4.69, 9.17) is 4.74 Å². The Balaban J connectivity index is 1.10. The minimum absolute atomic E-state index is 0.0375. The Hall–Kier alpha value is -3.16. The van der Waals surface area contributed by atoms with Gasteiger partial charge >= 0.3 is 0 Å². The first-order chi connectivity index (χ1) is 19.5. The minimum Gasteiger partial charge on any atom is -0.374 e. The number of hydrogen-bond donors (Lipinski definition) is 2. The lowest BCUT2D eigenvalue weighted by Crippen LogP contribution is -2.45. The van der Waals surface area contributed by atoms with Crippen molar-refractivity contribution < 1.29 is 18.3 Å². The molecule has 2 bridgehead atoms. The number of rotatable bonds is 7. The van der Waals surface area contributed by atoms with E-state index in [-0.39, 0.29) is 29.4 Å². The van der Waals surface area contributed by atoms with Crippen LogP contribution in [0.4, 0.5) is 20.3 Å². The Labute approximate surface area is 230 Å². The van der Waals surface area contributed by atoms with Crippen molar-refractivity contribution in [1.29, 1.82) is 0 Å². The van der Waals surface area contributed by atoms with Crippen LogP contribution in [0.1, 0.15) is 60.6 Å². The molecule has 214 valence electrons. The van der Waals surface area contributed by atoms with Crippen LogP contribution in [-0.4, -0.2) is 93.2 Å². The summed E-state index contributed by atoms with van der Waals surface area (Å²) in [6.07, 6.45) is 6.92. The first-order valence-corrected chi connectivity index (χ1v) is 14.4. The number of anilines is 2. The molecular formula is C27H35F2N9O2. The Morgan fingerprint density at radius 1 is 1.15 bits per heavy atom. The topological polar surface area (TPSA) is 105 Å². The Bertz CT molecular complexity index is 1360. The van der Waals surface area contributed by atoms with Gasteiger partial charge in [0.15, 0.2) is 17.2 Å². The van der Waals surface area contributed by atoms with Crippen LogP contribution in [0.5, 0.6) is 0 Å². The fourth-order valence-electron chi connectivity index (χ4n) is 6.82. The van der Waals surface area contributed by atoms with Gasteiger partial charge in [-0.3, -0.25) is 9.48 Å². The van der Waals surface area contributed by atoms with Gasteiger partial charge in [0.25, 0.3) is 12.3 Å². The highest BCUT2D eigenvalue weighted by molar-refractivity contribution is 6.12. The minimum atomic E-state index is -2.81. The second-order valence-electron chi connectivity index (χ2n) is 11.5. The predicted octanol–water partition coefficient (Wildman–Crippen LogP) is 2.73. The number of piperazine rings is 1. The zero-order valence-corrected chi connectivity index (χ0v) is 22.4. The monoisotopic (exact) mass is 555 g/mol. The van der Waals surface area contributed by atoms with Gasteiger partial charge in [-0.2, -0.15) is 5.10 Å². The van der Waals surface area contributed by atoms with E-state index in [1.165, 1.54) is 0 Å². The molecule has 1 saturated carbocycles. The fraction of sp³-hybridized carbons (Fsp3) is 0.630. The molecule has 6 heterocycles. The van der Waals surface area contributed by atoms with Gasteiger partial charge in [-0.05, 0) is 44.1 Å². The third-order valence-corrected chi connectivity index (χ3v) is 8.91. The van der Waals surface area contributed by atoms with Crippen molar-refractivity contribution in [1.82, 2.24) is 34.6 Å². The zero-order valence-electron chi connectivity index (χ0n) is 22.4. The molecule has 0 radical (unpaired) electrons. The zero-order chi connectivity index (χ0) is 27.2. The average Bonchev–Trinajstić information content (AvgIpc) is 3.76. The molecule has 2 atom stereocenters. The van der Waals surface area contributed by atoms with Gasteiger partial charge in [-0.25, -0.2) is 18.3 Å². The molecule has 3 aromatic heterocycles. The number of nitrogens with one attached hydrogen (secondary N) is 2. The van der Waals surface area contributed by atoms with Crippen LogP contribution in [0.15, 0.2) is 24.7 Å². The van der Waals surface area contributed by atoms with E-state index < -0.39 is 18.0 Å². The molecule has 4 aliphatic rings. The van der Waals surface area contributed by atoms with Crippen LogP contribution in [0.3, 0.4) is 0 Å². The molecule has 4 fully saturated rings. The van der Waals surface area contributed by atoms with Crippen LogP contribution in [0.25, 0.3) is 5.65 Å². The summed E-state index contributed by atoms with van der Waals surface area (Å²) in [5.74, 6) is 0.598. The maximum atomic E-state index is 14.1. The molecular weight excluding hydrogens is 520 g/mol. The molecule has 1 aliphatic carbocycles. The van der Waals surface area contributed by atoms with E-state index in [0.29, 0.717) is 30.5 Å². The Kier molecular flexibility index (Phi) is 6.88. The molecule has 13 heteroatoms. The molecule has 0 spiro atoms. The van der Waals surface area contributed by atoms with E-state index >= 15 is 0 Å². The van der Waals surface area contributed by atoms with Crippen molar-refractivity contribution in [3.8, 4) is 0 Å². The van der Waals surface area contributed by atoms with Gasteiger partial charge in [0.2, 0.25) is 0 Å². The first-order valence-electron chi connectivity index (χ1n) is 14.4.